The lowest BCUT2D eigenvalue weighted by atomic mass is 10.00. The Bertz CT molecular complexity index is 910. The maximum atomic E-state index is 13.4. The molecule has 2 fully saturated rings. The molecule has 29 heavy (non-hydrogen) atoms. The maximum absolute atomic E-state index is 13.4. The van der Waals surface area contributed by atoms with Gasteiger partial charge >= 0.3 is 0 Å². The van der Waals surface area contributed by atoms with Crippen LogP contribution >= 0.6 is 0 Å². The van der Waals surface area contributed by atoms with E-state index in [0.29, 0.717) is 19.1 Å². The first-order chi connectivity index (χ1) is 14.0. The average Bonchev–Trinajstić information content (AvgIpc) is 2.75. The Morgan fingerprint density at radius 1 is 0.966 bits per heavy atom. The number of nitrogens with zero attached hydrogens (tertiary/aromatic N) is 3. The van der Waals surface area contributed by atoms with Crippen LogP contribution in [-0.2, 0) is 10.0 Å². The van der Waals surface area contributed by atoms with Crippen molar-refractivity contribution in [1.29, 1.82) is 0 Å². The SMILES string of the molecule is O=S(=O)(c1cccc(F)c1)N1CCC(N2CCC(Oc3ccncc3)CC2)CC1. The van der Waals surface area contributed by atoms with Crippen LogP contribution in [0.5, 0.6) is 5.75 Å². The molecule has 0 aliphatic carbocycles. The van der Waals surface area contributed by atoms with Crippen LogP contribution in [0.15, 0.2) is 53.7 Å². The molecular weight excluding hydrogens is 393 g/mol. The highest BCUT2D eigenvalue weighted by Crippen LogP contribution is 2.26. The van der Waals surface area contributed by atoms with Gasteiger partial charge in [-0.2, -0.15) is 4.31 Å². The van der Waals surface area contributed by atoms with Crippen LogP contribution in [0.4, 0.5) is 4.39 Å². The molecule has 2 aliphatic rings. The summed E-state index contributed by atoms with van der Waals surface area (Å²) in [6.07, 6.45) is 7.19. The number of sulfonamides is 1. The predicted octanol–water partition coefficient (Wildman–Crippen LogP) is 2.92. The lowest BCUT2D eigenvalue weighted by Gasteiger charge is -2.41. The lowest BCUT2D eigenvalue weighted by Crippen LogP contribution is -2.50. The monoisotopic (exact) mass is 419 g/mol. The van der Waals surface area contributed by atoms with Gasteiger partial charge in [0.2, 0.25) is 10.0 Å². The number of rotatable bonds is 5. The van der Waals surface area contributed by atoms with Gasteiger partial charge < -0.3 is 9.64 Å². The fraction of sp³-hybridized carbons (Fsp3) is 0.476. The summed E-state index contributed by atoms with van der Waals surface area (Å²) in [6.45, 7) is 2.85. The van der Waals surface area contributed by atoms with Crippen molar-refractivity contribution < 1.29 is 17.5 Å². The van der Waals surface area contributed by atoms with Crippen molar-refractivity contribution >= 4 is 10.0 Å². The summed E-state index contributed by atoms with van der Waals surface area (Å²) in [5.74, 6) is 0.326. The largest absolute Gasteiger partial charge is 0.490 e. The first-order valence-corrected chi connectivity index (χ1v) is 11.5. The van der Waals surface area contributed by atoms with Crippen LogP contribution in [0.1, 0.15) is 25.7 Å². The van der Waals surface area contributed by atoms with Gasteiger partial charge in [0.1, 0.15) is 17.7 Å². The number of likely N-dealkylation sites (tertiary alicyclic amines) is 1. The molecule has 8 heteroatoms. The molecule has 0 bridgehead atoms. The van der Waals surface area contributed by atoms with E-state index in [1.165, 1.54) is 22.5 Å². The zero-order chi connectivity index (χ0) is 20.3. The van der Waals surface area contributed by atoms with Gasteiger partial charge in [0.15, 0.2) is 0 Å². The molecule has 0 amide bonds. The smallest absolute Gasteiger partial charge is 0.243 e. The number of hydrogen-bond acceptors (Lipinski definition) is 5. The van der Waals surface area contributed by atoms with E-state index in [-0.39, 0.29) is 11.0 Å². The molecule has 2 saturated heterocycles. The Labute approximate surface area is 171 Å². The van der Waals surface area contributed by atoms with Crippen LogP contribution in [-0.4, -0.2) is 60.9 Å². The van der Waals surface area contributed by atoms with Crippen molar-refractivity contribution in [3.05, 3.63) is 54.6 Å². The molecule has 0 radical (unpaired) electrons. The van der Waals surface area contributed by atoms with E-state index >= 15 is 0 Å². The third-order valence-corrected chi connectivity index (χ3v) is 7.70. The van der Waals surface area contributed by atoms with Crippen molar-refractivity contribution in [2.75, 3.05) is 26.2 Å². The number of hydrogen-bond donors (Lipinski definition) is 0. The van der Waals surface area contributed by atoms with Crippen LogP contribution in [0.25, 0.3) is 0 Å². The molecule has 1 aromatic carbocycles. The zero-order valence-electron chi connectivity index (χ0n) is 16.3. The molecule has 2 aliphatic heterocycles. The molecule has 1 aromatic heterocycles. The first-order valence-electron chi connectivity index (χ1n) is 10.1. The number of halogens is 1. The molecular formula is C21H26FN3O3S. The van der Waals surface area contributed by atoms with Crippen molar-refractivity contribution in [2.45, 2.75) is 42.7 Å². The maximum Gasteiger partial charge on any atom is 0.243 e. The van der Waals surface area contributed by atoms with Gasteiger partial charge in [0.25, 0.3) is 0 Å². The predicted molar refractivity (Wildman–Crippen MR) is 108 cm³/mol. The highest BCUT2D eigenvalue weighted by atomic mass is 32.2. The number of benzene rings is 1. The Morgan fingerprint density at radius 3 is 2.31 bits per heavy atom. The van der Waals surface area contributed by atoms with Crippen molar-refractivity contribution in [3.8, 4) is 5.75 Å². The number of piperidine rings is 2. The molecule has 0 spiro atoms. The van der Waals surface area contributed by atoms with Gasteiger partial charge in [-0.3, -0.25) is 4.98 Å². The summed E-state index contributed by atoms with van der Waals surface area (Å²) in [7, 11) is -3.63. The Kier molecular flexibility index (Phi) is 6.12. The molecule has 0 saturated carbocycles. The van der Waals surface area contributed by atoms with Crippen LogP contribution < -0.4 is 4.74 Å². The van der Waals surface area contributed by atoms with Gasteiger partial charge in [-0.25, -0.2) is 12.8 Å². The summed E-state index contributed by atoms with van der Waals surface area (Å²) in [4.78, 5) is 6.49. The second-order valence-electron chi connectivity index (χ2n) is 7.63. The second kappa shape index (κ2) is 8.77. The number of aromatic nitrogens is 1. The van der Waals surface area contributed by atoms with Crippen LogP contribution in [0.2, 0.25) is 0 Å². The molecule has 156 valence electrons. The highest BCUT2D eigenvalue weighted by molar-refractivity contribution is 7.89. The van der Waals surface area contributed by atoms with E-state index in [9.17, 15) is 12.8 Å². The van der Waals surface area contributed by atoms with E-state index in [1.807, 2.05) is 12.1 Å². The van der Waals surface area contributed by atoms with Crippen molar-refractivity contribution in [1.82, 2.24) is 14.2 Å². The second-order valence-corrected chi connectivity index (χ2v) is 9.57. The van der Waals surface area contributed by atoms with Crippen molar-refractivity contribution in [3.63, 3.8) is 0 Å². The van der Waals surface area contributed by atoms with Crippen LogP contribution in [0, 0.1) is 5.82 Å². The topological polar surface area (TPSA) is 62.7 Å². The summed E-state index contributed by atoms with van der Waals surface area (Å²) < 4.78 is 46.5. The Morgan fingerprint density at radius 2 is 1.66 bits per heavy atom. The molecule has 2 aromatic rings. The molecule has 0 atom stereocenters. The van der Waals surface area contributed by atoms with Gasteiger partial charge in [-0.1, -0.05) is 6.07 Å². The third-order valence-electron chi connectivity index (χ3n) is 5.80. The first kappa shape index (κ1) is 20.3. The summed E-state index contributed by atoms with van der Waals surface area (Å²) in [5, 5.41) is 0. The van der Waals surface area contributed by atoms with Gasteiger partial charge in [0.05, 0.1) is 4.90 Å². The minimum Gasteiger partial charge on any atom is -0.490 e. The summed E-state index contributed by atoms with van der Waals surface area (Å²) in [6, 6.07) is 9.38. The quantitative estimate of drug-likeness (QED) is 0.746. The van der Waals surface area contributed by atoms with Gasteiger partial charge in [-0.15, -0.1) is 0 Å². The fourth-order valence-electron chi connectivity index (χ4n) is 4.19. The Hall–Kier alpha value is -2.03. The number of ether oxygens (including phenoxy) is 1. The van der Waals surface area contributed by atoms with Crippen molar-refractivity contribution in [2.24, 2.45) is 0 Å². The van der Waals surface area contributed by atoms with Gasteiger partial charge in [-0.05, 0) is 56.0 Å². The van der Waals surface area contributed by atoms with E-state index in [2.05, 4.69) is 9.88 Å². The minimum atomic E-state index is -3.63. The van der Waals surface area contributed by atoms with Crippen LogP contribution in [0.3, 0.4) is 0 Å². The normalized spacial score (nSPS) is 20.6. The summed E-state index contributed by atoms with van der Waals surface area (Å²) >= 11 is 0. The molecule has 0 N–H and O–H groups in total. The molecule has 0 unspecified atom stereocenters. The molecule has 6 nitrogen and oxygen atoms in total. The van der Waals surface area contributed by atoms with E-state index in [0.717, 1.165) is 50.6 Å². The van der Waals surface area contributed by atoms with E-state index in [1.54, 1.807) is 12.4 Å². The average molecular weight is 420 g/mol. The standard InChI is InChI=1S/C21H26FN3O3S/c22-17-2-1-3-21(16-17)29(26,27)25-14-6-18(7-15-25)24-12-8-20(9-13-24)28-19-4-10-23-11-5-19/h1-5,10-11,16,18,20H,6-9,12-15H2. The number of pyridine rings is 1. The third kappa shape index (κ3) is 4.76. The lowest BCUT2D eigenvalue weighted by molar-refractivity contribution is 0.0585. The fourth-order valence-corrected chi connectivity index (χ4v) is 5.69. The highest BCUT2D eigenvalue weighted by Gasteiger charge is 2.33. The van der Waals surface area contributed by atoms with E-state index < -0.39 is 15.8 Å². The minimum absolute atomic E-state index is 0.0324. The molecule has 4 rings (SSSR count). The van der Waals surface area contributed by atoms with E-state index in [4.69, 9.17) is 4.74 Å². The summed E-state index contributed by atoms with van der Waals surface area (Å²) in [5.41, 5.74) is 0. The Balaban J connectivity index is 1.28. The van der Waals surface area contributed by atoms with Gasteiger partial charge in [0, 0.05) is 44.6 Å². The zero-order valence-corrected chi connectivity index (χ0v) is 17.1. The molecule has 3 heterocycles.